The summed E-state index contributed by atoms with van der Waals surface area (Å²) < 4.78 is 0. The van der Waals surface area contributed by atoms with E-state index in [0.29, 0.717) is 22.6 Å². The third-order valence-electron chi connectivity index (χ3n) is 5.77. The topological polar surface area (TPSA) is 75.3 Å². The van der Waals surface area contributed by atoms with E-state index in [0.717, 1.165) is 21.6 Å². The summed E-state index contributed by atoms with van der Waals surface area (Å²) in [5, 5.41) is 5.60. The Bertz CT molecular complexity index is 1440. The van der Waals surface area contributed by atoms with Crippen LogP contribution in [0.3, 0.4) is 0 Å². The lowest BCUT2D eigenvalue weighted by Crippen LogP contribution is -2.30. The summed E-state index contributed by atoms with van der Waals surface area (Å²) in [6, 6.07) is 31.2. The number of rotatable bonds is 9. The van der Waals surface area contributed by atoms with Crippen LogP contribution in [-0.2, 0) is 4.79 Å². The fraction of sp³-hybridized carbons (Fsp3) is 0.0938. The predicted molar refractivity (Wildman–Crippen MR) is 154 cm³/mol. The lowest BCUT2D eigenvalue weighted by atomic mass is 10.1. The van der Waals surface area contributed by atoms with Crippen LogP contribution < -0.4 is 10.6 Å². The summed E-state index contributed by atoms with van der Waals surface area (Å²) >= 11 is 1.44. The first-order chi connectivity index (χ1) is 18.4. The number of nitrogens with one attached hydrogen (secondary N) is 2. The van der Waals surface area contributed by atoms with Crippen molar-refractivity contribution in [1.29, 1.82) is 0 Å². The van der Waals surface area contributed by atoms with E-state index < -0.39 is 5.91 Å². The maximum absolute atomic E-state index is 13.2. The van der Waals surface area contributed by atoms with Gasteiger partial charge in [-0.2, -0.15) is 0 Å². The second-order valence-electron chi connectivity index (χ2n) is 8.85. The molecule has 0 unspecified atom stereocenters. The van der Waals surface area contributed by atoms with E-state index in [4.69, 9.17) is 0 Å². The van der Waals surface area contributed by atoms with Crippen LogP contribution in [0.1, 0.15) is 37.4 Å². The molecule has 0 radical (unpaired) electrons. The number of carbonyl (C=O) groups is 3. The first-order valence-electron chi connectivity index (χ1n) is 12.2. The molecule has 190 valence electrons. The Kier molecular flexibility index (Phi) is 8.90. The summed E-state index contributed by atoms with van der Waals surface area (Å²) in [6.45, 7) is 3.97. The van der Waals surface area contributed by atoms with Gasteiger partial charge in [0, 0.05) is 21.7 Å². The van der Waals surface area contributed by atoms with Crippen molar-refractivity contribution >= 4 is 41.1 Å². The Balaban J connectivity index is 1.43. The van der Waals surface area contributed by atoms with Crippen LogP contribution in [-0.4, -0.2) is 23.4 Å². The lowest BCUT2D eigenvalue weighted by molar-refractivity contribution is -0.113. The Morgan fingerprint density at radius 2 is 1.32 bits per heavy atom. The molecule has 0 heterocycles. The molecule has 4 rings (SSSR count). The normalized spacial score (nSPS) is 11.1. The SMILES string of the molecule is Cc1ccc(/C=C(\NC(=O)c2ccccc2)C(=O)Nc2ccc(SCC(=O)c3ccc(C)cc3)cc2)cc1. The van der Waals surface area contributed by atoms with E-state index in [9.17, 15) is 14.4 Å². The zero-order valence-corrected chi connectivity index (χ0v) is 22.0. The fourth-order valence-electron chi connectivity index (χ4n) is 3.58. The monoisotopic (exact) mass is 520 g/mol. The number of thioether (sulfide) groups is 1. The van der Waals surface area contributed by atoms with Crippen molar-refractivity contribution in [1.82, 2.24) is 5.32 Å². The summed E-state index contributed by atoms with van der Waals surface area (Å²) in [6.07, 6.45) is 1.65. The summed E-state index contributed by atoms with van der Waals surface area (Å²) in [7, 11) is 0. The molecule has 0 spiro atoms. The van der Waals surface area contributed by atoms with Crippen LogP contribution in [0, 0.1) is 13.8 Å². The summed E-state index contributed by atoms with van der Waals surface area (Å²) in [5.41, 5.74) is 4.86. The molecule has 0 aliphatic heterocycles. The van der Waals surface area contributed by atoms with Crippen molar-refractivity contribution in [2.24, 2.45) is 0 Å². The zero-order valence-electron chi connectivity index (χ0n) is 21.2. The number of ketones is 1. The van der Waals surface area contributed by atoms with Gasteiger partial charge in [0.15, 0.2) is 5.78 Å². The van der Waals surface area contributed by atoms with Crippen molar-refractivity contribution in [2.45, 2.75) is 18.7 Å². The highest BCUT2D eigenvalue weighted by Gasteiger charge is 2.15. The van der Waals surface area contributed by atoms with Gasteiger partial charge in [0.05, 0.1) is 5.75 Å². The van der Waals surface area contributed by atoms with Crippen LogP contribution >= 0.6 is 11.8 Å². The van der Waals surface area contributed by atoms with Gasteiger partial charge < -0.3 is 10.6 Å². The number of amides is 2. The first kappa shape index (κ1) is 26.6. The number of aryl methyl sites for hydroxylation is 2. The molecule has 6 heteroatoms. The van der Waals surface area contributed by atoms with Crippen molar-refractivity contribution < 1.29 is 14.4 Å². The highest BCUT2D eigenvalue weighted by atomic mass is 32.2. The van der Waals surface area contributed by atoms with Crippen molar-refractivity contribution in [3.8, 4) is 0 Å². The summed E-state index contributed by atoms with van der Waals surface area (Å²) in [4.78, 5) is 39.3. The molecule has 0 saturated heterocycles. The Labute approximate surface area is 227 Å². The van der Waals surface area contributed by atoms with Gasteiger partial charge in [0.2, 0.25) is 0 Å². The molecule has 2 N–H and O–H groups in total. The van der Waals surface area contributed by atoms with Gasteiger partial charge in [-0.3, -0.25) is 14.4 Å². The third-order valence-corrected chi connectivity index (χ3v) is 6.78. The zero-order chi connectivity index (χ0) is 26.9. The molecule has 38 heavy (non-hydrogen) atoms. The standard InChI is InChI=1S/C32H28N2O3S/c1-22-8-12-24(13-9-22)20-29(34-31(36)26-6-4-3-5-7-26)32(37)33-27-16-18-28(19-17-27)38-21-30(35)25-14-10-23(2)11-15-25/h3-20H,21H2,1-2H3,(H,33,37)(H,34,36)/b29-20-. The van der Waals surface area contributed by atoms with Crippen molar-refractivity contribution in [3.63, 3.8) is 0 Å². The Morgan fingerprint density at radius 1 is 0.711 bits per heavy atom. The maximum atomic E-state index is 13.2. The number of carbonyl (C=O) groups excluding carboxylic acids is 3. The lowest BCUT2D eigenvalue weighted by Gasteiger charge is -2.12. The number of anilines is 1. The van der Waals surface area contributed by atoms with Gasteiger partial charge in [-0.15, -0.1) is 11.8 Å². The minimum atomic E-state index is -0.440. The molecule has 5 nitrogen and oxygen atoms in total. The number of hydrogen-bond acceptors (Lipinski definition) is 4. The molecule has 0 saturated carbocycles. The highest BCUT2D eigenvalue weighted by molar-refractivity contribution is 8.00. The number of Topliss-reactive ketones (excluding diaryl/α,β-unsaturated/α-hetero) is 1. The Hall–Kier alpha value is -4.42. The van der Waals surface area contributed by atoms with Gasteiger partial charge in [-0.05, 0) is 61.9 Å². The molecule has 2 amide bonds. The molecule has 4 aromatic rings. The van der Waals surface area contributed by atoms with E-state index in [-0.39, 0.29) is 17.4 Å². The minimum Gasteiger partial charge on any atom is -0.321 e. The van der Waals surface area contributed by atoms with E-state index in [2.05, 4.69) is 10.6 Å². The van der Waals surface area contributed by atoms with Gasteiger partial charge in [-0.1, -0.05) is 77.9 Å². The van der Waals surface area contributed by atoms with Gasteiger partial charge in [0.25, 0.3) is 11.8 Å². The van der Waals surface area contributed by atoms with Crippen LogP contribution in [0.25, 0.3) is 6.08 Å². The van der Waals surface area contributed by atoms with Gasteiger partial charge in [0.1, 0.15) is 5.70 Å². The smallest absolute Gasteiger partial charge is 0.272 e. The third kappa shape index (κ3) is 7.54. The molecule has 0 bridgehead atoms. The molecule has 0 aromatic heterocycles. The van der Waals surface area contributed by atoms with E-state index in [1.165, 1.54) is 11.8 Å². The van der Waals surface area contributed by atoms with Crippen LogP contribution in [0.5, 0.6) is 0 Å². The fourth-order valence-corrected chi connectivity index (χ4v) is 4.37. The molecule has 0 atom stereocenters. The van der Waals surface area contributed by atoms with Gasteiger partial charge >= 0.3 is 0 Å². The first-order valence-corrected chi connectivity index (χ1v) is 13.1. The van der Waals surface area contributed by atoms with Gasteiger partial charge in [-0.25, -0.2) is 0 Å². The molecular weight excluding hydrogens is 492 g/mol. The predicted octanol–water partition coefficient (Wildman–Crippen LogP) is 6.69. The van der Waals surface area contributed by atoms with E-state index >= 15 is 0 Å². The summed E-state index contributed by atoms with van der Waals surface area (Å²) in [5.74, 6) is -0.426. The van der Waals surface area contributed by atoms with E-state index in [1.807, 2.05) is 80.6 Å². The van der Waals surface area contributed by atoms with Crippen LogP contribution in [0.4, 0.5) is 5.69 Å². The highest BCUT2D eigenvalue weighted by Crippen LogP contribution is 2.22. The Morgan fingerprint density at radius 3 is 1.95 bits per heavy atom. The quantitative estimate of drug-likeness (QED) is 0.147. The van der Waals surface area contributed by atoms with Crippen molar-refractivity contribution in [3.05, 3.63) is 137 Å². The molecule has 0 aliphatic carbocycles. The van der Waals surface area contributed by atoms with Crippen LogP contribution in [0.15, 0.2) is 114 Å². The molecule has 0 fully saturated rings. The average molecular weight is 521 g/mol. The second kappa shape index (κ2) is 12.7. The molecule has 4 aromatic carbocycles. The second-order valence-corrected chi connectivity index (χ2v) is 9.89. The molecular formula is C32H28N2O3S. The van der Waals surface area contributed by atoms with E-state index in [1.54, 1.807) is 42.5 Å². The van der Waals surface area contributed by atoms with Crippen molar-refractivity contribution in [2.75, 3.05) is 11.1 Å². The molecule has 0 aliphatic rings. The number of hydrogen-bond donors (Lipinski definition) is 2. The maximum Gasteiger partial charge on any atom is 0.272 e. The average Bonchev–Trinajstić information content (AvgIpc) is 2.94. The number of benzene rings is 4. The minimum absolute atomic E-state index is 0.0624. The largest absolute Gasteiger partial charge is 0.321 e. The van der Waals surface area contributed by atoms with Crippen LogP contribution in [0.2, 0.25) is 0 Å².